The molecule has 0 radical (unpaired) electrons. The molecule has 0 atom stereocenters. The summed E-state index contributed by atoms with van der Waals surface area (Å²) in [6.45, 7) is 0. The number of nitrogens with one attached hydrogen (secondary N) is 1. The highest BCUT2D eigenvalue weighted by atomic mass is 35.5. The first kappa shape index (κ1) is 19.7. The van der Waals surface area contributed by atoms with Crippen LogP contribution in [0.2, 0.25) is 10.0 Å². The standard InChI is InChI=1S/C19H15Cl2N3O4/c1-27-14-6-10-13(7-15(14)28-2)23-8-11(18(22)25)17(10)24-19(26)9-4-3-5-12(20)16(9)21/h3-8H,1-2H3,(H2,22,25)(H,23,24,26). The minimum Gasteiger partial charge on any atom is -0.493 e. The SMILES string of the molecule is COc1cc2ncc(C(N)=O)c(NC(=O)c3cccc(Cl)c3Cl)c2cc1OC. The molecule has 7 nitrogen and oxygen atoms in total. The van der Waals surface area contributed by atoms with Crippen LogP contribution in [0.15, 0.2) is 36.5 Å². The number of pyridine rings is 1. The van der Waals surface area contributed by atoms with Gasteiger partial charge in [-0.3, -0.25) is 14.6 Å². The second kappa shape index (κ2) is 7.92. The number of anilines is 1. The molecule has 1 heterocycles. The topological polar surface area (TPSA) is 104 Å². The molecule has 0 aliphatic carbocycles. The summed E-state index contributed by atoms with van der Waals surface area (Å²) in [6.07, 6.45) is 1.28. The molecule has 0 saturated heterocycles. The van der Waals surface area contributed by atoms with Gasteiger partial charge in [0.25, 0.3) is 11.8 Å². The third-order valence-electron chi connectivity index (χ3n) is 4.07. The second-order valence-electron chi connectivity index (χ2n) is 5.69. The minimum absolute atomic E-state index is 0.0335. The van der Waals surface area contributed by atoms with Crippen LogP contribution in [0.4, 0.5) is 5.69 Å². The number of halogens is 2. The number of amides is 2. The van der Waals surface area contributed by atoms with E-state index in [1.54, 1.807) is 24.3 Å². The zero-order valence-corrected chi connectivity index (χ0v) is 16.4. The number of nitrogens with two attached hydrogens (primary N) is 1. The molecule has 0 bridgehead atoms. The summed E-state index contributed by atoms with van der Waals surface area (Å²) < 4.78 is 10.6. The van der Waals surface area contributed by atoms with Crippen LogP contribution in [-0.4, -0.2) is 31.0 Å². The van der Waals surface area contributed by atoms with Crippen molar-refractivity contribution in [3.8, 4) is 11.5 Å². The fourth-order valence-electron chi connectivity index (χ4n) is 2.70. The van der Waals surface area contributed by atoms with E-state index >= 15 is 0 Å². The quantitative estimate of drug-likeness (QED) is 0.652. The largest absolute Gasteiger partial charge is 0.493 e. The van der Waals surface area contributed by atoms with E-state index in [-0.39, 0.29) is 26.9 Å². The van der Waals surface area contributed by atoms with E-state index in [1.807, 2.05) is 0 Å². The van der Waals surface area contributed by atoms with Crippen LogP contribution in [0.25, 0.3) is 10.9 Å². The van der Waals surface area contributed by atoms with Gasteiger partial charge >= 0.3 is 0 Å². The molecular formula is C19H15Cl2N3O4. The van der Waals surface area contributed by atoms with E-state index in [0.29, 0.717) is 22.4 Å². The summed E-state index contributed by atoms with van der Waals surface area (Å²) in [6, 6.07) is 7.90. The van der Waals surface area contributed by atoms with Crippen LogP contribution in [0.1, 0.15) is 20.7 Å². The Hall–Kier alpha value is -3.03. The van der Waals surface area contributed by atoms with Gasteiger partial charge in [0.2, 0.25) is 0 Å². The maximum atomic E-state index is 12.8. The average Bonchev–Trinajstić information content (AvgIpc) is 2.68. The third-order valence-corrected chi connectivity index (χ3v) is 4.89. The van der Waals surface area contributed by atoms with Crippen LogP contribution < -0.4 is 20.5 Å². The van der Waals surface area contributed by atoms with Gasteiger partial charge in [-0.15, -0.1) is 0 Å². The number of hydrogen-bond acceptors (Lipinski definition) is 5. The van der Waals surface area contributed by atoms with Crippen molar-refractivity contribution in [1.82, 2.24) is 4.98 Å². The molecule has 0 spiro atoms. The highest BCUT2D eigenvalue weighted by Crippen LogP contribution is 2.36. The normalized spacial score (nSPS) is 10.6. The molecule has 3 N–H and O–H groups in total. The molecule has 0 aliphatic rings. The Morgan fingerprint density at radius 1 is 1.07 bits per heavy atom. The summed E-state index contributed by atoms with van der Waals surface area (Å²) in [5.74, 6) is -0.465. The lowest BCUT2D eigenvalue weighted by atomic mass is 10.1. The molecule has 144 valence electrons. The van der Waals surface area contributed by atoms with E-state index in [9.17, 15) is 9.59 Å². The van der Waals surface area contributed by atoms with Crippen LogP contribution in [0.5, 0.6) is 11.5 Å². The second-order valence-corrected chi connectivity index (χ2v) is 6.48. The van der Waals surface area contributed by atoms with E-state index in [0.717, 1.165) is 0 Å². The number of ether oxygens (including phenoxy) is 2. The number of nitrogens with zero attached hydrogens (tertiary/aromatic N) is 1. The molecule has 3 rings (SSSR count). The van der Waals surface area contributed by atoms with Gasteiger partial charge < -0.3 is 20.5 Å². The highest BCUT2D eigenvalue weighted by molar-refractivity contribution is 6.44. The van der Waals surface area contributed by atoms with Crippen LogP contribution in [0, 0.1) is 0 Å². The predicted octanol–water partition coefficient (Wildman–Crippen LogP) is 3.91. The maximum absolute atomic E-state index is 12.8. The fraction of sp³-hybridized carbons (Fsp3) is 0.105. The molecule has 0 unspecified atom stereocenters. The number of carbonyl (C=O) groups excluding carboxylic acids is 2. The Bertz CT molecular complexity index is 1100. The van der Waals surface area contributed by atoms with Crippen molar-refractivity contribution in [2.24, 2.45) is 5.73 Å². The van der Waals surface area contributed by atoms with Crippen molar-refractivity contribution < 1.29 is 19.1 Å². The smallest absolute Gasteiger partial charge is 0.257 e. The van der Waals surface area contributed by atoms with Crippen molar-refractivity contribution in [2.75, 3.05) is 19.5 Å². The number of benzene rings is 2. The molecule has 0 saturated carbocycles. The van der Waals surface area contributed by atoms with E-state index in [2.05, 4.69) is 10.3 Å². The summed E-state index contributed by atoms with van der Waals surface area (Å²) in [5, 5.41) is 3.46. The first-order valence-electron chi connectivity index (χ1n) is 7.97. The predicted molar refractivity (Wildman–Crippen MR) is 108 cm³/mol. The van der Waals surface area contributed by atoms with Gasteiger partial charge in [-0.2, -0.15) is 0 Å². The monoisotopic (exact) mass is 419 g/mol. The lowest BCUT2D eigenvalue weighted by molar-refractivity contribution is 0.100. The van der Waals surface area contributed by atoms with Gasteiger partial charge in [-0.05, 0) is 18.2 Å². The van der Waals surface area contributed by atoms with Crippen molar-refractivity contribution in [3.05, 3.63) is 57.7 Å². The molecule has 0 fully saturated rings. The molecular weight excluding hydrogens is 405 g/mol. The zero-order valence-electron chi connectivity index (χ0n) is 14.9. The third kappa shape index (κ3) is 3.54. The zero-order chi connectivity index (χ0) is 20.4. The first-order valence-corrected chi connectivity index (χ1v) is 8.72. The lowest BCUT2D eigenvalue weighted by Crippen LogP contribution is -2.19. The van der Waals surface area contributed by atoms with E-state index < -0.39 is 11.8 Å². The maximum Gasteiger partial charge on any atom is 0.257 e. The molecule has 9 heteroatoms. The summed E-state index contributed by atoms with van der Waals surface area (Å²) in [7, 11) is 2.96. The van der Waals surface area contributed by atoms with Gasteiger partial charge in [0.15, 0.2) is 11.5 Å². The first-order chi connectivity index (χ1) is 13.4. The molecule has 28 heavy (non-hydrogen) atoms. The summed E-state index contributed by atoms with van der Waals surface area (Å²) in [4.78, 5) is 28.9. The molecule has 2 amide bonds. The molecule has 0 aliphatic heterocycles. The van der Waals surface area contributed by atoms with Crippen LogP contribution in [0.3, 0.4) is 0 Å². The summed E-state index contributed by atoms with van der Waals surface area (Å²) >= 11 is 12.1. The van der Waals surface area contributed by atoms with Crippen molar-refractivity contribution in [3.63, 3.8) is 0 Å². The van der Waals surface area contributed by atoms with Gasteiger partial charge in [-0.25, -0.2) is 0 Å². The Morgan fingerprint density at radius 2 is 1.75 bits per heavy atom. The van der Waals surface area contributed by atoms with Crippen LogP contribution >= 0.6 is 23.2 Å². The molecule has 1 aromatic heterocycles. The number of hydrogen-bond donors (Lipinski definition) is 2. The van der Waals surface area contributed by atoms with Gasteiger partial charge in [0.05, 0.1) is 46.6 Å². The van der Waals surface area contributed by atoms with E-state index in [4.69, 9.17) is 38.4 Å². The van der Waals surface area contributed by atoms with Gasteiger partial charge in [0.1, 0.15) is 0 Å². The Labute approximate surface area is 170 Å². The Morgan fingerprint density at radius 3 is 2.39 bits per heavy atom. The Kier molecular flexibility index (Phi) is 5.58. The van der Waals surface area contributed by atoms with Crippen LogP contribution in [-0.2, 0) is 0 Å². The van der Waals surface area contributed by atoms with Crippen molar-refractivity contribution in [2.45, 2.75) is 0 Å². The van der Waals surface area contributed by atoms with E-state index in [1.165, 1.54) is 26.5 Å². The van der Waals surface area contributed by atoms with Gasteiger partial charge in [-0.1, -0.05) is 29.3 Å². The lowest BCUT2D eigenvalue weighted by Gasteiger charge is -2.15. The molecule has 3 aromatic rings. The minimum atomic E-state index is -0.753. The fourth-order valence-corrected chi connectivity index (χ4v) is 3.09. The molecule has 2 aromatic carbocycles. The number of primary amides is 1. The Balaban J connectivity index is 2.19. The highest BCUT2D eigenvalue weighted by Gasteiger charge is 2.20. The van der Waals surface area contributed by atoms with Crippen molar-refractivity contribution >= 4 is 51.6 Å². The van der Waals surface area contributed by atoms with Gasteiger partial charge in [0, 0.05) is 17.6 Å². The number of rotatable bonds is 5. The number of carbonyl (C=O) groups is 2. The number of fused-ring (bicyclic) bond motifs is 1. The summed E-state index contributed by atoms with van der Waals surface area (Å²) in [5.41, 5.74) is 6.30. The van der Waals surface area contributed by atoms with Crippen molar-refractivity contribution in [1.29, 1.82) is 0 Å². The number of methoxy groups -OCH3 is 2. The number of aromatic nitrogens is 1. The average molecular weight is 420 g/mol.